The van der Waals surface area contributed by atoms with Crippen LogP contribution in [0.4, 0.5) is 13.2 Å². The Balaban J connectivity index is 2.12. The molecular formula is C14H12F3NO2S. The molecule has 21 heavy (non-hydrogen) atoms. The molecule has 0 heterocycles. The Labute approximate surface area is 123 Å². The predicted molar refractivity (Wildman–Crippen MR) is 70.8 cm³/mol. The summed E-state index contributed by atoms with van der Waals surface area (Å²) in [6.07, 6.45) is -2.95. The van der Waals surface area contributed by atoms with Crippen molar-refractivity contribution in [2.24, 2.45) is 5.41 Å². The van der Waals surface area contributed by atoms with Crippen molar-refractivity contribution in [3.05, 3.63) is 29.3 Å². The van der Waals surface area contributed by atoms with Gasteiger partial charge in [-0.05, 0) is 36.5 Å². The summed E-state index contributed by atoms with van der Waals surface area (Å²) in [6, 6.07) is 5.11. The van der Waals surface area contributed by atoms with Gasteiger partial charge in [0.15, 0.2) is 0 Å². The molecule has 0 unspecified atom stereocenters. The standard InChI is InChI=1S/C14H12F3NO2S/c15-14(16,17)11-5-10(2-1-9(11)7-18)21-8-13(3-4-13)6-12(19)20/h1-2,5H,3-4,6,8H2,(H,19,20). The SMILES string of the molecule is N#Cc1ccc(SCC2(CC(=O)O)CC2)cc1C(F)(F)F. The van der Waals surface area contributed by atoms with Crippen molar-refractivity contribution in [2.75, 3.05) is 5.75 Å². The van der Waals surface area contributed by atoms with Crippen LogP contribution in [0.15, 0.2) is 23.1 Å². The van der Waals surface area contributed by atoms with Crippen molar-refractivity contribution in [2.45, 2.75) is 30.3 Å². The van der Waals surface area contributed by atoms with Crippen molar-refractivity contribution >= 4 is 17.7 Å². The maximum Gasteiger partial charge on any atom is 0.417 e. The third-order valence-electron chi connectivity index (χ3n) is 3.45. The molecule has 0 bridgehead atoms. The number of hydrogen-bond donors (Lipinski definition) is 1. The number of aliphatic carboxylic acids is 1. The van der Waals surface area contributed by atoms with E-state index >= 15 is 0 Å². The molecule has 0 aliphatic heterocycles. The second-order valence-corrected chi connectivity index (χ2v) is 6.22. The highest BCUT2D eigenvalue weighted by Gasteiger charge is 2.44. The number of carboxylic acid groups (broad SMARTS) is 1. The van der Waals surface area contributed by atoms with Crippen LogP contribution in [0.25, 0.3) is 0 Å². The van der Waals surface area contributed by atoms with E-state index in [9.17, 15) is 18.0 Å². The van der Waals surface area contributed by atoms with Crippen LogP contribution in [-0.2, 0) is 11.0 Å². The number of alkyl halides is 3. The molecule has 1 aromatic carbocycles. The smallest absolute Gasteiger partial charge is 0.417 e. The highest BCUT2D eigenvalue weighted by molar-refractivity contribution is 7.99. The zero-order valence-corrected chi connectivity index (χ0v) is 11.7. The van der Waals surface area contributed by atoms with Crippen LogP contribution in [0.2, 0.25) is 0 Å². The van der Waals surface area contributed by atoms with Gasteiger partial charge in [0.2, 0.25) is 0 Å². The number of thioether (sulfide) groups is 1. The third kappa shape index (κ3) is 3.91. The lowest BCUT2D eigenvalue weighted by Gasteiger charge is -2.14. The highest BCUT2D eigenvalue weighted by Crippen LogP contribution is 2.52. The fourth-order valence-electron chi connectivity index (χ4n) is 2.05. The first-order valence-electron chi connectivity index (χ1n) is 6.22. The molecule has 0 radical (unpaired) electrons. The molecule has 1 aliphatic carbocycles. The lowest BCUT2D eigenvalue weighted by molar-refractivity contribution is -0.139. The number of carboxylic acids is 1. The third-order valence-corrected chi connectivity index (χ3v) is 4.79. The Bertz CT molecular complexity index is 603. The number of nitrogens with zero attached hydrogens (tertiary/aromatic N) is 1. The van der Waals surface area contributed by atoms with E-state index in [0.717, 1.165) is 25.0 Å². The van der Waals surface area contributed by atoms with Crippen molar-refractivity contribution in [3.8, 4) is 6.07 Å². The molecule has 1 saturated carbocycles. The Morgan fingerprint density at radius 1 is 1.43 bits per heavy atom. The van der Waals surface area contributed by atoms with Crippen LogP contribution in [0, 0.1) is 16.7 Å². The fourth-order valence-corrected chi connectivity index (χ4v) is 3.28. The molecular weight excluding hydrogens is 303 g/mol. The van der Waals surface area contributed by atoms with Crippen LogP contribution >= 0.6 is 11.8 Å². The molecule has 7 heteroatoms. The van der Waals surface area contributed by atoms with E-state index in [1.54, 1.807) is 0 Å². The van der Waals surface area contributed by atoms with Gasteiger partial charge in [0.25, 0.3) is 0 Å². The van der Waals surface area contributed by atoms with Crippen molar-refractivity contribution in [1.82, 2.24) is 0 Å². The van der Waals surface area contributed by atoms with Crippen LogP contribution in [-0.4, -0.2) is 16.8 Å². The van der Waals surface area contributed by atoms with Gasteiger partial charge in [0.05, 0.1) is 23.6 Å². The minimum Gasteiger partial charge on any atom is -0.481 e. The molecule has 1 fully saturated rings. The molecule has 0 atom stereocenters. The number of hydrogen-bond acceptors (Lipinski definition) is 3. The van der Waals surface area contributed by atoms with Gasteiger partial charge in [-0.1, -0.05) is 0 Å². The Morgan fingerprint density at radius 2 is 2.10 bits per heavy atom. The first-order chi connectivity index (χ1) is 9.76. The quantitative estimate of drug-likeness (QED) is 0.837. The maximum absolute atomic E-state index is 12.8. The normalized spacial score (nSPS) is 16.3. The molecule has 0 saturated heterocycles. The van der Waals surface area contributed by atoms with Crippen molar-refractivity contribution in [3.63, 3.8) is 0 Å². The Hall–Kier alpha value is -1.68. The largest absolute Gasteiger partial charge is 0.481 e. The number of rotatable bonds is 5. The van der Waals surface area contributed by atoms with Crippen LogP contribution < -0.4 is 0 Å². The monoisotopic (exact) mass is 315 g/mol. The molecule has 1 aromatic rings. The van der Waals surface area contributed by atoms with Crippen LogP contribution in [0.1, 0.15) is 30.4 Å². The average Bonchev–Trinajstić information content (AvgIpc) is 3.14. The van der Waals surface area contributed by atoms with Crippen LogP contribution in [0.3, 0.4) is 0 Å². The number of nitriles is 1. The van der Waals surface area contributed by atoms with E-state index in [1.165, 1.54) is 23.9 Å². The van der Waals surface area contributed by atoms with Gasteiger partial charge >= 0.3 is 12.1 Å². The molecule has 3 nitrogen and oxygen atoms in total. The van der Waals surface area contributed by atoms with Gasteiger partial charge in [0, 0.05) is 10.6 Å². The maximum atomic E-state index is 12.8. The van der Waals surface area contributed by atoms with E-state index in [4.69, 9.17) is 10.4 Å². The molecule has 0 aromatic heterocycles. The lowest BCUT2D eigenvalue weighted by atomic mass is 10.1. The summed E-state index contributed by atoms with van der Waals surface area (Å²) in [7, 11) is 0. The zero-order chi connectivity index (χ0) is 15.7. The molecule has 112 valence electrons. The van der Waals surface area contributed by atoms with E-state index in [2.05, 4.69) is 0 Å². The molecule has 1 N–H and O–H groups in total. The van der Waals surface area contributed by atoms with E-state index in [-0.39, 0.29) is 11.8 Å². The van der Waals surface area contributed by atoms with E-state index < -0.39 is 23.3 Å². The zero-order valence-electron chi connectivity index (χ0n) is 10.9. The van der Waals surface area contributed by atoms with Crippen LogP contribution in [0.5, 0.6) is 0 Å². The average molecular weight is 315 g/mol. The van der Waals surface area contributed by atoms with Crippen molar-refractivity contribution < 1.29 is 23.1 Å². The summed E-state index contributed by atoms with van der Waals surface area (Å²) in [4.78, 5) is 11.1. The summed E-state index contributed by atoms with van der Waals surface area (Å²) in [5.41, 5.74) is -1.64. The summed E-state index contributed by atoms with van der Waals surface area (Å²) >= 11 is 1.21. The van der Waals surface area contributed by atoms with Gasteiger partial charge in [0.1, 0.15) is 0 Å². The first kappa shape index (κ1) is 15.7. The fraction of sp³-hybridized carbons (Fsp3) is 0.429. The van der Waals surface area contributed by atoms with Gasteiger partial charge in [-0.3, -0.25) is 4.79 Å². The predicted octanol–water partition coefficient (Wildman–Crippen LogP) is 3.92. The summed E-state index contributed by atoms with van der Waals surface area (Å²) in [5.74, 6) is -0.411. The number of carbonyl (C=O) groups is 1. The van der Waals surface area contributed by atoms with Gasteiger partial charge < -0.3 is 5.11 Å². The number of benzene rings is 1. The molecule has 0 amide bonds. The van der Waals surface area contributed by atoms with E-state index in [0.29, 0.717) is 10.6 Å². The minimum absolute atomic E-state index is 0.0441. The topological polar surface area (TPSA) is 61.1 Å². The van der Waals surface area contributed by atoms with E-state index in [1.807, 2.05) is 0 Å². The lowest BCUT2D eigenvalue weighted by Crippen LogP contribution is -2.11. The van der Waals surface area contributed by atoms with Gasteiger partial charge in [-0.2, -0.15) is 18.4 Å². The molecule has 0 spiro atoms. The summed E-state index contributed by atoms with van der Waals surface area (Å²) in [5, 5.41) is 17.5. The highest BCUT2D eigenvalue weighted by atomic mass is 32.2. The molecule has 1 aliphatic rings. The summed E-state index contributed by atoms with van der Waals surface area (Å²) < 4.78 is 38.5. The first-order valence-corrected chi connectivity index (χ1v) is 7.20. The minimum atomic E-state index is -4.57. The van der Waals surface area contributed by atoms with Gasteiger partial charge in [-0.15, -0.1) is 11.8 Å². The van der Waals surface area contributed by atoms with Gasteiger partial charge in [-0.25, -0.2) is 0 Å². The second-order valence-electron chi connectivity index (χ2n) is 5.18. The summed E-state index contributed by atoms with van der Waals surface area (Å²) in [6.45, 7) is 0. The van der Waals surface area contributed by atoms with Crippen molar-refractivity contribution in [1.29, 1.82) is 5.26 Å². The Morgan fingerprint density at radius 3 is 2.57 bits per heavy atom. The Kier molecular flexibility index (Phi) is 4.19. The molecule has 2 rings (SSSR count). The number of halogens is 3. The second kappa shape index (κ2) is 5.60.